The lowest BCUT2D eigenvalue weighted by Crippen LogP contribution is -2.46. The van der Waals surface area contributed by atoms with E-state index in [0.29, 0.717) is 0 Å². The largest absolute Gasteiger partial charge is 0.418 e. The Labute approximate surface area is 159 Å². The maximum absolute atomic E-state index is 13.1. The smallest absolute Gasteiger partial charge is 0.368 e. The third kappa shape index (κ3) is 4.77. The predicted octanol–water partition coefficient (Wildman–Crippen LogP) is 2.91. The Balaban J connectivity index is 1.64. The fraction of sp³-hybridized carbons (Fsp3) is 0.400. The molecule has 7 heteroatoms. The van der Waals surface area contributed by atoms with Crippen LogP contribution >= 0.6 is 0 Å². The minimum atomic E-state index is -4.41. The SMILES string of the molecule is Bc1ccc(N2CCN(c3ccc(C(OCC)C(F)(F)F)cc3)CC2)cc1. The first kappa shape index (κ1) is 19.6. The van der Waals surface area contributed by atoms with Crippen LogP contribution in [0.3, 0.4) is 0 Å². The Morgan fingerprint density at radius 3 is 1.74 bits per heavy atom. The van der Waals surface area contributed by atoms with E-state index in [1.807, 2.05) is 0 Å². The van der Waals surface area contributed by atoms with Crippen LogP contribution in [0.2, 0.25) is 0 Å². The summed E-state index contributed by atoms with van der Waals surface area (Å²) in [6.07, 6.45) is -6.27. The van der Waals surface area contributed by atoms with Crippen LogP contribution in [0.5, 0.6) is 0 Å². The third-order valence-corrected chi connectivity index (χ3v) is 4.87. The number of halogens is 3. The highest BCUT2D eigenvalue weighted by Gasteiger charge is 2.41. The fourth-order valence-corrected chi connectivity index (χ4v) is 3.38. The zero-order valence-electron chi connectivity index (χ0n) is 15.7. The van der Waals surface area contributed by atoms with Gasteiger partial charge < -0.3 is 14.5 Å². The minimum Gasteiger partial charge on any atom is -0.368 e. The predicted molar refractivity (Wildman–Crippen MR) is 106 cm³/mol. The molecule has 3 nitrogen and oxygen atoms in total. The second-order valence-electron chi connectivity index (χ2n) is 6.78. The van der Waals surface area contributed by atoms with Crippen LogP contribution in [0, 0.1) is 0 Å². The molecule has 1 unspecified atom stereocenters. The summed E-state index contributed by atoms with van der Waals surface area (Å²) < 4.78 is 44.3. The molecule has 1 fully saturated rings. The van der Waals surface area contributed by atoms with E-state index >= 15 is 0 Å². The summed E-state index contributed by atoms with van der Waals surface area (Å²) in [6, 6.07) is 15.0. The first-order chi connectivity index (χ1) is 12.9. The molecule has 0 saturated carbocycles. The average molecular weight is 376 g/mol. The topological polar surface area (TPSA) is 15.7 Å². The van der Waals surface area contributed by atoms with Crippen molar-refractivity contribution in [2.45, 2.75) is 19.2 Å². The van der Waals surface area contributed by atoms with Crippen molar-refractivity contribution in [3.63, 3.8) is 0 Å². The highest BCUT2D eigenvalue weighted by Crippen LogP contribution is 2.36. The monoisotopic (exact) mass is 376 g/mol. The van der Waals surface area contributed by atoms with E-state index < -0.39 is 12.3 Å². The van der Waals surface area contributed by atoms with E-state index in [1.54, 1.807) is 19.1 Å². The van der Waals surface area contributed by atoms with Gasteiger partial charge in [-0.1, -0.05) is 29.7 Å². The first-order valence-corrected chi connectivity index (χ1v) is 9.23. The molecule has 2 aromatic carbocycles. The Morgan fingerprint density at radius 1 is 0.889 bits per heavy atom. The molecule has 3 rings (SSSR count). The van der Waals surface area contributed by atoms with E-state index in [4.69, 9.17) is 4.74 Å². The molecule has 0 N–H and O–H groups in total. The van der Waals surface area contributed by atoms with Crippen LogP contribution in [-0.4, -0.2) is 46.8 Å². The van der Waals surface area contributed by atoms with E-state index in [9.17, 15) is 13.2 Å². The van der Waals surface area contributed by atoms with Crippen LogP contribution in [0.15, 0.2) is 48.5 Å². The average Bonchev–Trinajstić information content (AvgIpc) is 2.66. The van der Waals surface area contributed by atoms with E-state index in [2.05, 4.69) is 41.9 Å². The Hall–Kier alpha value is -2.15. The molecule has 0 radical (unpaired) electrons. The Kier molecular flexibility index (Phi) is 6.00. The summed E-state index contributed by atoms with van der Waals surface area (Å²) in [4.78, 5) is 4.54. The second-order valence-corrected chi connectivity index (χ2v) is 6.78. The van der Waals surface area contributed by atoms with Crippen molar-refractivity contribution in [2.24, 2.45) is 0 Å². The Morgan fingerprint density at radius 2 is 1.33 bits per heavy atom. The number of hydrogen-bond acceptors (Lipinski definition) is 3. The van der Waals surface area contributed by atoms with Crippen molar-refractivity contribution in [3.8, 4) is 0 Å². The second kappa shape index (κ2) is 8.25. The molecule has 0 spiro atoms. The van der Waals surface area contributed by atoms with Gasteiger partial charge in [-0.15, -0.1) is 0 Å². The minimum absolute atomic E-state index is 0.0207. The number of nitrogens with zero attached hydrogens (tertiary/aromatic N) is 2. The van der Waals surface area contributed by atoms with Crippen LogP contribution in [-0.2, 0) is 4.74 Å². The standard InChI is InChI=1S/C20H24BF3N2O/c1-2-27-19(20(22,23)24)15-3-7-17(8-4-15)25-11-13-26(14-12-25)18-9-5-16(21)6-10-18/h3-10,19H,2,11-14,21H2,1H3. The van der Waals surface area contributed by atoms with E-state index in [-0.39, 0.29) is 12.2 Å². The molecule has 1 heterocycles. The van der Waals surface area contributed by atoms with Crippen molar-refractivity contribution in [3.05, 3.63) is 54.1 Å². The van der Waals surface area contributed by atoms with Gasteiger partial charge in [0.25, 0.3) is 0 Å². The fourth-order valence-electron chi connectivity index (χ4n) is 3.38. The molecule has 0 aromatic heterocycles. The normalized spacial score (nSPS) is 16.4. The van der Waals surface area contributed by atoms with Gasteiger partial charge in [-0.05, 0) is 36.8 Å². The lowest BCUT2D eigenvalue weighted by molar-refractivity contribution is -0.222. The van der Waals surface area contributed by atoms with Crippen LogP contribution in [0.4, 0.5) is 24.5 Å². The number of ether oxygens (including phenoxy) is 1. The van der Waals surface area contributed by atoms with Crippen LogP contribution in [0.1, 0.15) is 18.6 Å². The zero-order valence-corrected chi connectivity index (χ0v) is 15.7. The van der Waals surface area contributed by atoms with Gasteiger partial charge >= 0.3 is 6.18 Å². The third-order valence-electron chi connectivity index (χ3n) is 4.87. The van der Waals surface area contributed by atoms with Gasteiger partial charge in [-0.3, -0.25) is 0 Å². The zero-order chi connectivity index (χ0) is 19.4. The van der Waals surface area contributed by atoms with Crippen molar-refractivity contribution < 1.29 is 17.9 Å². The number of rotatable bonds is 5. The number of benzene rings is 2. The highest BCUT2D eigenvalue weighted by molar-refractivity contribution is 6.32. The lowest BCUT2D eigenvalue weighted by atomic mass is 9.96. The molecule has 0 amide bonds. The molecular weight excluding hydrogens is 352 g/mol. The molecule has 0 bridgehead atoms. The van der Waals surface area contributed by atoms with Crippen molar-refractivity contribution in [1.29, 1.82) is 0 Å². The summed E-state index contributed by atoms with van der Waals surface area (Å²) in [5.74, 6) is 0. The van der Waals surface area contributed by atoms with Gasteiger partial charge in [0.2, 0.25) is 0 Å². The highest BCUT2D eigenvalue weighted by atomic mass is 19.4. The number of anilines is 2. The quantitative estimate of drug-likeness (QED) is 0.747. The van der Waals surface area contributed by atoms with Gasteiger partial charge in [-0.25, -0.2) is 0 Å². The number of hydrogen-bond donors (Lipinski definition) is 0. The van der Waals surface area contributed by atoms with Crippen LogP contribution < -0.4 is 15.3 Å². The summed E-state index contributed by atoms with van der Waals surface area (Å²) >= 11 is 0. The maximum atomic E-state index is 13.1. The van der Waals surface area contributed by atoms with E-state index in [1.165, 1.54) is 23.3 Å². The molecule has 1 saturated heterocycles. The molecular formula is C20H24BF3N2O. The summed E-state index contributed by atoms with van der Waals surface area (Å²) in [6.45, 7) is 5.03. The van der Waals surface area contributed by atoms with Gasteiger partial charge in [0.05, 0.1) is 0 Å². The van der Waals surface area contributed by atoms with Crippen molar-refractivity contribution >= 4 is 24.7 Å². The number of alkyl halides is 3. The first-order valence-electron chi connectivity index (χ1n) is 9.23. The molecule has 1 atom stereocenters. The van der Waals surface area contributed by atoms with Crippen molar-refractivity contribution in [1.82, 2.24) is 0 Å². The maximum Gasteiger partial charge on any atom is 0.418 e. The molecule has 2 aromatic rings. The van der Waals surface area contributed by atoms with Gasteiger partial charge in [0, 0.05) is 44.2 Å². The Bertz CT molecular complexity index is 726. The number of piperazine rings is 1. The molecule has 144 valence electrons. The summed E-state index contributed by atoms with van der Waals surface area (Å²) in [7, 11) is 2.07. The lowest BCUT2D eigenvalue weighted by Gasteiger charge is -2.37. The summed E-state index contributed by atoms with van der Waals surface area (Å²) in [5, 5.41) is 0. The van der Waals surface area contributed by atoms with E-state index in [0.717, 1.165) is 31.9 Å². The molecule has 1 aliphatic heterocycles. The van der Waals surface area contributed by atoms with Gasteiger partial charge in [0.15, 0.2) is 6.10 Å². The molecule has 0 aliphatic carbocycles. The van der Waals surface area contributed by atoms with Crippen LogP contribution in [0.25, 0.3) is 0 Å². The summed E-state index contributed by atoms with van der Waals surface area (Å²) in [5.41, 5.74) is 3.54. The molecule has 27 heavy (non-hydrogen) atoms. The van der Waals surface area contributed by atoms with Gasteiger partial charge in [0.1, 0.15) is 7.85 Å². The van der Waals surface area contributed by atoms with Crippen molar-refractivity contribution in [2.75, 3.05) is 42.6 Å². The molecule has 1 aliphatic rings. The van der Waals surface area contributed by atoms with Gasteiger partial charge in [-0.2, -0.15) is 13.2 Å².